The largest absolute Gasteiger partial charge is 0.478 e. The number of hydrogen-bond acceptors (Lipinski definition) is 4. The van der Waals surface area contributed by atoms with E-state index in [9.17, 15) is 9.59 Å². The highest BCUT2D eigenvalue weighted by Gasteiger charge is 2.12. The molecule has 0 aliphatic heterocycles. The maximum Gasteiger partial charge on any atom is 0.339 e. The molecule has 0 aliphatic rings. The van der Waals surface area contributed by atoms with Gasteiger partial charge in [0.15, 0.2) is 0 Å². The number of aromatic nitrogens is 1. The molecule has 1 aromatic rings. The zero-order chi connectivity index (χ0) is 14.4. The molecule has 3 N–H and O–H groups in total. The van der Waals surface area contributed by atoms with E-state index in [0.29, 0.717) is 0 Å². The van der Waals surface area contributed by atoms with E-state index in [2.05, 4.69) is 15.6 Å². The van der Waals surface area contributed by atoms with Crippen LogP contribution in [0, 0.1) is 0 Å². The van der Waals surface area contributed by atoms with Crippen molar-refractivity contribution in [2.24, 2.45) is 0 Å². The first-order chi connectivity index (χ1) is 8.90. The maximum atomic E-state index is 11.4. The predicted molar refractivity (Wildman–Crippen MR) is 72.6 cm³/mol. The topological polar surface area (TPSA) is 91.3 Å². The van der Waals surface area contributed by atoms with Crippen LogP contribution in [0.1, 0.15) is 30.6 Å². The lowest BCUT2D eigenvalue weighted by Crippen LogP contribution is -2.31. The van der Waals surface area contributed by atoms with Gasteiger partial charge in [0.1, 0.15) is 16.5 Å². The number of carboxylic acids is 1. The van der Waals surface area contributed by atoms with E-state index >= 15 is 0 Å². The number of nitrogens with one attached hydrogen (secondary N) is 2. The summed E-state index contributed by atoms with van der Waals surface area (Å²) in [4.78, 5) is 26.3. The van der Waals surface area contributed by atoms with Gasteiger partial charge in [-0.2, -0.15) is 0 Å². The maximum absolute atomic E-state index is 11.4. The molecule has 6 nitrogen and oxygen atoms in total. The summed E-state index contributed by atoms with van der Waals surface area (Å²) in [5.41, 5.74) is 0.0219. The van der Waals surface area contributed by atoms with E-state index in [1.165, 1.54) is 12.1 Å². The minimum absolute atomic E-state index is 0.0219. The molecule has 0 unspecified atom stereocenters. The molecule has 0 saturated heterocycles. The molecule has 0 radical (unpaired) electrons. The Morgan fingerprint density at radius 1 is 1.42 bits per heavy atom. The number of hydrogen-bond donors (Lipinski definition) is 3. The Labute approximate surface area is 116 Å². The molecule has 1 rings (SSSR count). The van der Waals surface area contributed by atoms with Crippen LogP contribution in [0.4, 0.5) is 5.82 Å². The Morgan fingerprint density at radius 3 is 2.68 bits per heavy atom. The van der Waals surface area contributed by atoms with E-state index < -0.39 is 5.97 Å². The van der Waals surface area contributed by atoms with Gasteiger partial charge in [-0.1, -0.05) is 11.6 Å². The fourth-order valence-corrected chi connectivity index (χ4v) is 1.58. The molecule has 104 valence electrons. The third-order valence-electron chi connectivity index (χ3n) is 2.19. The van der Waals surface area contributed by atoms with Crippen molar-refractivity contribution < 1.29 is 14.7 Å². The third-order valence-corrected chi connectivity index (χ3v) is 2.40. The quantitative estimate of drug-likeness (QED) is 0.693. The monoisotopic (exact) mass is 285 g/mol. The van der Waals surface area contributed by atoms with Crippen molar-refractivity contribution >= 4 is 29.3 Å². The van der Waals surface area contributed by atoms with E-state index in [0.717, 1.165) is 0 Å². The van der Waals surface area contributed by atoms with Crippen LogP contribution in [0.25, 0.3) is 0 Å². The summed E-state index contributed by atoms with van der Waals surface area (Å²) < 4.78 is 0. The van der Waals surface area contributed by atoms with Gasteiger partial charge >= 0.3 is 5.97 Å². The Balaban J connectivity index is 2.60. The number of carbonyl (C=O) groups is 2. The number of halogens is 1. The Bertz CT molecular complexity index is 477. The molecule has 1 heterocycles. The lowest BCUT2D eigenvalue weighted by Gasteiger charge is -2.10. The number of carboxylic acid groups (broad SMARTS) is 1. The first kappa shape index (κ1) is 15.2. The molecule has 1 aromatic heterocycles. The summed E-state index contributed by atoms with van der Waals surface area (Å²) in [6.45, 7) is 4.02. The zero-order valence-corrected chi connectivity index (χ0v) is 11.5. The van der Waals surface area contributed by atoms with Crippen LogP contribution in [0.3, 0.4) is 0 Å². The molecular formula is C12H16ClN3O3. The minimum Gasteiger partial charge on any atom is -0.478 e. The fourth-order valence-electron chi connectivity index (χ4n) is 1.43. The van der Waals surface area contributed by atoms with Crippen LogP contribution in [0.2, 0.25) is 5.15 Å². The van der Waals surface area contributed by atoms with Crippen molar-refractivity contribution in [3.8, 4) is 0 Å². The summed E-state index contributed by atoms with van der Waals surface area (Å²) in [5, 5.41) is 14.7. The van der Waals surface area contributed by atoms with Crippen molar-refractivity contribution in [3.05, 3.63) is 22.8 Å². The van der Waals surface area contributed by atoms with Crippen LogP contribution in [-0.4, -0.2) is 34.6 Å². The SMILES string of the molecule is CC(C)NC(=O)CCNc1nc(Cl)ccc1C(=O)O. The van der Waals surface area contributed by atoms with Crippen LogP contribution in [-0.2, 0) is 4.79 Å². The Morgan fingerprint density at radius 2 is 2.11 bits per heavy atom. The Hall–Kier alpha value is -1.82. The first-order valence-corrected chi connectivity index (χ1v) is 6.21. The van der Waals surface area contributed by atoms with Crippen molar-refractivity contribution in [1.29, 1.82) is 0 Å². The highest BCUT2D eigenvalue weighted by Crippen LogP contribution is 2.16. The van der Waals surface area contributed by atoms with E-state index in [1.54, 1.807) is 0 Å². The highest BCUT2D eigenvalue weighted by molar-refractivity contribution is 6.29. The normalized spacial score (nSPS) is 10.3. The van der Waals surface area contributed by atoms with Gasteiger partial charge in [-0.15, -0.1) is 0 Å². The molecule has 0 aliphatic carbocycles. The second-order valence-corrected chi connectivity index (χ2v) is 4.62. The van der Waals surface area contributed by atoms with Crippen LogP contribution in [0.15, 0.2) is 12.1 Å². The molecule has 0 aromatic carbocycles. The van der Waals surface area contributed by atoms with Crippen LogP contribution in [0.5, 0.6) is 0 Å². The van der Waals surface area contributed by atoms with Crippen LogP contribution >= 0.6 is 11.6 Å². The molecule has 7 heteroatoms. The molecule has 19 heavy (non-hydrogen) atoms. The number of pyridine rings is 1. The third kappa shape index (κ3) is 5.13. The number of rotatable bonds is 6. The van der Waals surface area contributed by atoms with Crippen molar-refractivity contribution in [2.75, 3.05) is 11.9 Å². The second-order valence-electron chi connectivity index (χ2n) is 4.23. The number of carbonyl (C=O) groups excluding carboxylic acids is 1. The van der Waals surface area contributed by atoms with Crippen LogP contribution < -0.4 is 10.6 Å². The van der Waals surface area contributed by atoms with Gasteiger partial charge in [0, 0.05) is 19.0 Å². The first-order valence-electron chi connectivity index (χ1n) is 5.83. The molecule has 0 bridgehead atoms. The smallest absolute Gasteiger partial charge is 0.339 e. The average Bonchev–Trinajstić information content (AvgIpc) is 2.27. The van der Waals surface area contributed by atoms with E-state index in [1.807, 2.05) is 13.8 Å². The molecule has 0 fully saturated rings. The fraction of sp³-hybridized carbons (Fsp3) is 0.417. The molecule has 0 atom stereocenters. The van der Waals surface area contributed by atoms with Gasteiger partial charge in [0.05, 0.1) is 0 Å². The molecular weight excluding hydrogens is 270 g/mol. The van der Waals surface area contributed by atoms with Gasteiger partial charge in [0.2, 0.25) is 5.91 Å². The average molecular weight is 286 g/mol. The lowest BCUT2D eigenvalue weighted by molar-refractivity contribution is -0.121. The highest BCUT2D eigenvalue weighted by atomic mass is 35.5. The van der Waals surface area contributed by atoms with Gasteiger partial charge in [-0.25, -0.2) is 9.78 Å². The standard InChI is InChI=1S/C12H16ClN3O3/c1-7(2)15-10(17)5-6-14-11-8(12(18)19)3-4-9(13)16-11/h3-4,7H,5-6H2,1-2H3,(H,14,16)(H,15,17)(H,18,19). The predicted octanol–water partition coefficient (Wildman–Crippen LogP) is 1.76. The zero-order valence-electron chi connectivity index (χ0n) is 10.7. The summed E-state index contributed by atoms with van der Waals surface area (Å²) >= 11 is 5.71. The summed E-state index contributed by atoms with van der Waals surface area (Å²) in [5.74, 6) is -1.04. The summed E-state index contributed by atoms with van der Waals surface area (Å²) in [6, 6.07) is 2.85. The molecule has 0 saturated carbocycles. The molecule has 1 amide bonds. The van der Waals surface area contributed by atoms with Gasteiger partial charge in [-0.3, -0.25) is 4.79 Å². The summed E-state index contributed by atoms with van der Waals surface area (Å²) in [6.07, 6.45) is 0.228. The van der Waals surface area contributed by atoms with Gasteiger partial charge in [-0.05, 0) is 26.0 Å². The Kier molecular flexibility index (Phi) is 5.57. The summed E-state index contributed by atoms with van der Waals surface area (Å²) in [7, 11) is 0. The lowest BCUT2D eigenvalue weighted by atomic mass is 10.2. The van der Waals surface area contributed by atoms with Gasteiger partial charge in [0.25, 0.3) is 0 Å². The van der Waals surface area contributed by atoms with Crippen molar-refractivity contribution in [2.45, 2.75) is 26.3 Å². The number of amides is 1. The van der Waals surface area contributed by atoms with E-state index in [-0.39, 0.29) is 41.4 Å². The second kappa shape index (κ2) is 6.94. The van der Waals surface area contributed by atoms with E-state index in [4.69, 9.17) is 16.7 Å². The number of aromatic carboxylic acids is 1. The van der Waals surface area contributed by atoms with Crippen molar-refractivity contribution in [1.82, 2.24) is 10.3 Å². The molecule has 0 spiro atoms. The van der Waals surface area contributed by atoms with Gasteiger partial charge < -0.3 is 15.7 Å². The van der Waals surface area contributed by atoms with Crippen molar-refractivity contribution in [3.63, 3.8) is 0 Å². The number of nitrogens with zero attached hydrogens (tertiary/aromatic N) is 1. The minimum atomic E-state index is -1.10. The number of anilines is 1.